The fraction of sp³-hybridized carbons (Fsp3) is 0.267. The summed E-state index contributed by atoms with van der Waals surface area (Å²) in [5.74, 6) is -0.348. The van der Waals surface area contributed by atoms with Gasteiger partial charge in [-0.05, 0) is 17.7 Å². The Kier molecular flexibility index (Phi) is 5.75. The molecule has 0 aliphatic carbocycles. The number of benzene rings is 1. The highest BCUT2D eigenvalue weighted by Gasteiger charge is 2.09. The predicted octanol–water partition coefficient (Wildman–Crippen LogP) is 1.93. The molecule has 23 heavy (non-hydrogen) atoms. The molecule has 8 heteroatoms. The summed E-state index contributed by atoms with van der Waals surface area (Å²) >= 11 is 1.23. The first-order chi connectivity index (χ1) is 11.0. The number of aromatic amines is 1. The first kappa shape index (κ1) is 17.0. The van der Waals surface area contributed by atoms with E-state index in [1.807, 2.05) is 0 Å². The topological polar surface area (TPSA) is 81.3 Å². The molecule has 0 aliphatic heterocycles. The van der Waals surface area contributed by atoms with Gasteiger partial charge >= 0.3 is 5.97 Å². The standard InChI is InChI=1S/C15H15FN2O4S/c1-21-12-4-3-9(5-11(12)16)8-23-15-17-10(6-13(19)18-15)7-14(20)22-2/h3-6H,7-8H2,1-2H3,(H,17,18,19). The first-order valence-corrected chi connectivity index (χ1v) is 7.62. The lowest BCUT2D eigenvalue weighted by Gasteiger charge is -2.06. The van der Waals surface area contributed by atoms with Crippen molar-refractivity contribution in [2.45, 2.75) is 17.3 Å². The molecule has 2 rings (SSSR count). The van der Waals surface area contributed by atoms with Crippen molar-refractivity contribution >= 4 is 17.7 Å². The maximum atomic E-state index is 13.6. The minimum Gasteiger partial charge on any atom is -0.494 e. The molecule has 0 amide bonds. The van der Waals surface area contributed by atoms with E-state index in [1.165, 1.54) is 44.2 Å². The van der Waals surface area contributed by atoms with Gasteiger partial charge in [0.1, 0.15) is 0 Å². The Labute approximate surface area is 136 Å². The summed E-state index contributed by atoms with van der Waals surface area (Å²) in [7, 11) is 2.66. The predicted molar refractivity (Wildman–Crippen MR) is 83.1 cm³/mol. The van der Waals surface area contributed by atoms with E-state index in [-0.39, 0.29) is 17.7 Å². The number of H-pyrrole nitrogens is 1. The zero-order valence-electron chi connectivity index (χ0n) is 12.6. The van der Waals surface area contributed by atoms with Crippen molar-refractivity contribution in [1.82, 2.24) is 9.97 Å². The minimum absolute atomic E-state index is 0.0782. The second-order valence-electron chi connectivity index (χ2n) is 4.55. The summed E-state index contributed by atoms with van der Waals surface area (Å²) in [4.78, 5) is 29.6. The second kappa shape index (κ2) is 7.77. The maximum Gasteiger partial charge on any atom is 0.311 e. The number of rotatable bonds is 6. The maximum absolute atomic E-state index is 13.6. The molecule has 122 valence electrons. The van der Waals surface area contributed by atoms with Gasteiger partial charge in [-0.3, -0.25) is 9.59 Å². The first-order valence-electron chi connectivity index (χ1n) is 6.64. The van der Waals surface area contributed by atoms with Crippen molar-refractivity contribution in [3.05, 3.63) is 51.7 Å². The van der Waals surface area contributed by atoms with Gasteiger partial charge < -0.3 is 14.5 Å². The van der Waals surface area contributed by atoms with Gasteiger partial charge in [0.15, 0.2) is 16.7 Å². The van der Waals surface area contributed by atoms with Crippen LogP contribution in [0.5, 0.6) is 5.75 Å². The molecule has 0 aliphatic rings. The van der Waals surface area contributed by atoms with Crippen LogP contribution in [0.3, 0.4) is 0 Å². The van der Waals surface area contributed by atoms with E-state index < -0.39 is 11.8 Å². The number of thioether (sulfide) groups is 1. The number of methoxy groups -OCH3 is 2. The van der Waals surface area contributed by atoms with Crippen molar-refractivity contribution in [2.75, 3.05) is 14.2 Å². The third-order valence-corrected chi connectivity index (χ3v) is 3.86. The Morgan fingerprint density at radius 2 is 2.13 bits per heavy atom. The lowest BCUT2D eigenvalue weighted by Crippen LogP contribution is -2.13. The summed E-state index contributed by atoms with van der Waals surface area (Å²) in [5.41, 5.74) is 0.681. The molecular formula is C15H15FN2O4S. The van der Waals surface area contributed by atoms with Gasteiger partial charge in [-0.15, -0.1) is 0 Å². The number of carbonyl (C=O) groups excluding carboxylic acids is 1. The van der Waals surface area contributed by atoms with Crippen molar-refractivity contribution in [3.8, 4) is 5.75 Å². The molecule has 6 nitrogen and oxygen atoms in total. The van der Waals surface area contributed by atoms with Crippen LogP contribution < -0.4 is 10.3 Å². The molecule has 0 bridgehead atoms. The third-order valence-electron chi connectivity index (χ3n) is 2.92. The van der Waals surface area contributed by atoms with Crippen molar-refractivity contribution in [1.29, 1.82) is 0 Å². The van der Waals surface area contributed by atoms with E-state index in [0.717, 1.165) is 0 Å². The fourth-order valence-corrected chi connectivity index (χ4v) is 2.65. The monoisotopic (exact) mass is 338 g/mol. The molecule has 1 aromatic carbocycles. The molecule has 0 fully saturated rings. The molecule has 0 saturated heterocycles. The van der Waals surface area contributed by atoms with Crippen LogP contribution in [0.15, 0.2) is 34.2 Å². The summed E-state index contributed by atoms with van der Waals surface area (Å²) in [5, 5.41) is 0.354. The average Bonchev–Trinajstić information content (AvgIpc) is 2.52. The summed E-state index contributed by atoms with van der Waals surface area (Å²) in [6.45, 7) is 0. The molecule has 2 aromatic rings. The fourth-order valence-electron chi connectivity index (χ4n) is 1.81. The highest BCUT2D eigenvalue weighted by atomic mass is 32.2. The van der Waals surface area contributed by atoms with Gasteiger partial charge in [-0.25, -0.2) is 9.37 Å². The number of nitrogens with one attached hydrogen (secondary N) is 1. The summed E-state index contributed by atoms with van der Waals surface area (Å²) in [6, 6.07) is 5.87. The van der Waals surface area contributed by atoms with Gasteiger partial charge in [-0.2, -0.15) is 0 Å². The largest absolute Gasteiger partial charge is 0.494 e. The Bertz CT molecular complexity index is 763. The number of carbonyl (C=O) groups is 1. The quantitative estimate of drug-likeness (QED) is 0.492. The highest BCUT2D eigenvalue weighted by Crippen LogP contribution is 2.23. The number of nitrogens with zero attached hydrogens (tertiary/aromatic N) is 1. The van der Waals surface area contributed by atoms with Crippen molar-refractivity contribution in [3.63, 3.8) is 0 Å². The van der Waals surface area contributed by atoms with Gasteiger partial charge in [0.25, 0.3) is 5.56 Å². The lowest BCUT2D eigenvalue weighted by atomic mass is 10.2. The van der Waals surface area contributed by atoms with Crippen LogP contribution in [0, 0.1) is 5.82 Å². The number of halogens is 1. The van der Waals surface area contributed by atoms with Gasteiger partial charge in [0, 0.05) is 11.8 Å². The normalized spacial score (nSPS) is 10.4. The molecular weight excluding hydrogens is 323 g/mol. The summed E-state index contributed by atoms with van der Waals surface area (Å²) in [6.07, 6.45) is -0.0782. The van der Waals surface area contributed by atoms with Crippen LogP contribution in [0.1, 0.15) is 11.3 Å². The van der Waals surface area contributed by atoms with Crippen LogP contribution in [0.4, 0.5) is 4.39 Å². The van der Waals surface area contributed by atoms with Crippen LogP contribution in [0.25, 0.3) is 0 Å². The zero-order chi connectivity index (χ0) is 16.8. The Balaban J connectivity index is 2.09. The lowest BCUT2D eigenvalue weighted by molar-refractivity contribution is -0.139. The zero-order valence-corrected chi connectivity index (χ0v) is 13.4. The van der Waals surface area contributed by atoms with E-state index in [4.69, 9.17) is 4.74 Å². The molecule has 1 heterocycles. The molecule has 0 radical (unpaired) electrons. The molecule has 0 atom stereocenters. The number of esters is 1. The number of hydrogen-bond acceptors (Lipinski definition) is 6. The van der Waals surface area contributed by atoms with Crippen LogP contribution in [-0.2, 0) is 21.7 Å². The van der Waals surface area contributed by atoms with E-state index in [2.05, 4.69) is 14.7 Å². The van der Waals surface area contributed by atoms with E-state index in [9.17, 15) is 14.0 Å². The Hall–Kier alpha value is -2.35. The van der Waals surface area contributed by atoms with E-state index in [0.29, 0.717) is 22.2 Å². The van der Waals surface area contributed by atoms with Crippen LogP contribution >= 0.6 is 11.8 Å². The third kappa shape index (κ3) is 4.82. The van der Waals surface area contributed by atoms with Crippen molar-refractivity contribution in [2.24, 2.45) is 0 Å². The van der Waals surface area contributed by atoms with E-state index in [1.54, 1.807) is 6.07 Å². The van der Waals surface area contributed by atoms with Crippen molar-refractivity contribution < 1.29 is 18.7 Å². The SMILES string of the molecule is COC(=O)Cc1cc(=O)[nH]c(SCc2ccc(OC)c(F)c2)n1. The molecule has 1 aromatic heterocycles. The smallest absolute Gasteiger partial charge is 0.311 e. The highest BCUT2D eigenvalue weighted by molar-refractivity contribution is 7.98. The molecule has 0 saturated carbocycles. The Morgan fingerprint density at radius 3 is 2.78 bits per heavy atom. The summed E-state index contributed by atoms with van der Waals surface area (Å²) < 4.78 is 23.0. The number of aromatic nitrogens is 2. The van der Waals surface area contributed by atoms with Crippen LogP contribution in [0.2, 0.25) is 0 Å². The van der Waals surface area contributed by atoms with Gasteiger partial charge in [0.2, 0.25) is 0 Å². The van der Waals surface area contributed by atoms with E-state index >= 15 is 0 Å². The van der Waals surface area contributed by atoms with Gasteiger partial charge in [0.05, 0.1) is 26.3 Å². The molecule has 0 spiro atoms. The molecule has 1 N–H and O–H groups in total. The van der Waals surface area contributed by atoms with Gasteiger partial charge in [-0.1, -0.05) is 17.8 Å². The number of ether oxygens (including phenoxy) is 2. The molecule has 0 unspecified atom stereocenters. The minimum atomic E-state index is -0.476. The van der Waals surface area contributed by atoms with Crippen LogP contribution in [-0.4, -0.2) is 30.2 Å². The average molecular weight is 338 g/mol. The Morgan fingerprint density at radius 1 is 1.35 bits per heavy atom. The number of hydrogen-bond donors (Lipinski definition) is 1. The second-order valence-corrected chi connectivity index (χ2v) is 5.52.